The lowest BCUT2D eigenvalue weighted by atomic mass is 9.99. The average Bonchev–Trinajstić information content (AvgIpc) is 2.90. The van der Waals surface area contributed by atoms with Crippen molar-refractivity contribution in [1.29, 1.82) is 0 Å². The second-order valence-electron chi connectivity index (χ2n) is 3.68. The van der Waals surface area contributed by atoms with Crippen molar-refractivity contribution in [2.75, 3.05) is 0 Å². The topological polar surface area (TPSA) is 32.6 Å². The van der Waals surface area contributed by atoms with Crippen LogP contribution in [-0.2, 0) is 6.42 Å². The zero-order valence-corrected chi connectivity index (χ0v) is 10.7. The van der Waals surface area contributed by atoms with Gasteiger partial charge >= 0.3 is 0 Å². The molecule has 4 heteroatoms. The van der Waals surface area contributed by atoms with Crippen molar-refractivity contribution in [3.8, 4) is 0 Å². The van der Waals surface area contributed by atoms with Crippen molar-refractivity contribution in [1.82, 2.24) is 0 Å². The van der Waals surface area contributed by atoms with Crippen LogP contribution >= 0.6 is 22.9 Å². The molecule has 0 aliphatic heterocycles. The van der Waals surface area contributed by atoms with Gasteiger partial charge in [0.15, 0.2) is 5.17 Å². The molecule has 88 valence electrons. The van der Waals surface area contributed by atoms with Crippen LogP contribution in [0.15, 0.2) is 53.0 Å². The van der Waals surface area contributed by atoms with Gasteiger partial charge in [-0.05, 0) is 23.4 Å². The Morgan fingerprint density at radius 1 is 1.24 bits per heavy atom. The van der Waals surface area contributed by atoms with Crippen LogP contribution in [0, 0.1) is 0 Å². The quantitative estimate of drug-likeness (QED) is 0.504. The van der Waals surface area contributed by atoms with Crippen LogP contribution in [0.4, 0.5) is 0 Å². The molecule has 1 aromatic heterocycles. The Kier molecular flexibility index (Phi) is 4.18. The molecule has 0 fully saturated rings. The summed E-state index contributed by atoms with van der Waals surface area (Å²) in [7, 11) is 0. The van der Waals surface area contributed by atoms with Gasteiger partial charge in [-0.1, -0.05) is 53.2 Å². The lowest BCUT2D eigenvalue weighted by molar-refractivity contribution is 0.318. The number of halogens is 1. The average molecular weight is 266 g/mol. The van der Waals surface area contributed by atoms with Gasteiger partial charge in [-0.2, -0.15) is 0 Å². The minimum atomic E-state index is -0.0657. The Balaban J connectivity index is 2.24. The molecular formula is C13H12ClNOS. The highest BCUT2D eigenvalue weighted by Gasteiger charge is 2.19. The zero-order chi connectivity index (χ0) is 12.1. The van der Waals surface area contributed by atoms with Gasteiger partial charge in [-0.3, -0.25) is 0 Å². The van der Waals surface area contributed by atoms with Crippen LogP contribution in [0.1, 0.15) is 16.4 Å². The number of hydrogen-bond acceptors (Lipinski definition) is 3. The molecule has 0 spiro atoms. The van der Waals surface area contributed by atoms with E-state index in [0.29, 0.717) is 0 Å². The van der Waals surface area contributed by atoms with E-state index in [1.54, 1.807) is 11.3 Å². The van der Waals surface area contributed by atoms with Crippen molar-refractivity contribution in [2.45, 2.75) is 12.3 Å². The minimum Gasteiger partial charge on any atom is -0.410 e. The third-order valence-corrected chi connectivity index (χ3v) is 3.88. The maximum Gasteiger partial charge on any atom is 0.153 e. The summed E-state index contributed by atoms with van der Waals surface area (Å²) in [6.07, 6.45) is 0.740. The van der Waals surface area contributed by atoms with E-state index in [4.69, 9.17) is 16.8 Å². The number of hydrogen-bond donors (Lipinski definition) is 1. The SMILES string of the molecule is O/N=C(\Cl)C(Cc1ccccc1)c1cccs1. The molecule has 17 heavy (non-hydrogen) atoms. The van der Waals surface area contributed by atoms with Crippen LogP contribution in [0.5, 0.6) is 0 Å². The van der Waals surface area contributed by atoms with Gasteiger partial charge in [0, 0.05) is 4.88 Å². The Morgan fingerprint density at radius 2 is 2.00 bits per heavy atom. The Labute approximate surface area is 109 Å². The van der Waals surface area contributed by atoms with Crippen molar-refractivity contribution in [2.24, 2.45) is 5.16 Å². The molecule has 0 bridgehead atoms. The van der Waals surface area contributed by atoms with E-state index < -0.39 is 0 Å². The maximum atomic E-state index is 8.84. The van der Waals surface area contributed by atoms with E-state index in [1.165, 1.54) is 5.56 Å². The maximum absolute atomic E-state index is 8.84. The number of rotatable bonds is 4. The van der Waals surface area contributed by atoms with Crippen molar-refractivity contribution >= 4 is 28.1 Å². The summed E-state index contributed by atoms with van der Waals surface area (Å²) < 4.78 is 0. The minimum absolute atomic E-state index is 0.0657. The summed E-state index contributed by atoms with van der Waals surface area (Å²) in [5.74, 6) is -0.0657. The monoisotopic (exact) mass is 265 g/mol. The summed E-state index contributed by atoms with van der Waals surface area (Å²) in [6.45, 7) is 0. The zero-order valence-electron chi connectivity index (χ0n) is 9.08. The molecule has 0 radical (unpaired) electrons. The summed E-state index contributed by atoms with van der Waals surface area (Å²) in [5, 5.41) is 14.2. The number of nitrogens with zero attached hydrogens (tertiary/aromatic N) is 1. The standard InChI is InChI=1S/C13H12ClNOS/c14-13(15-16)11(12-7-4-8-17-12)9-10-5-2-1-3-6-10/h1-8,11,16H,9H2/b15-13-. The second kappa shape index (κ2) is 5.84. The highest BCUT2D eigenvalue weighted by atomic mass is 35.5. The lowest BCUT2D eigenvalue weighted by Gasteiger charge is -2.12. The highest BCUT2D eigenvalue weighted by Crippen LogP contribution is 2.28. The smallest absolute Gasteiger partial charge is 0.153 e. The molecule has 1 atom stereocenters. The molecule has 1 heterocycles. The molecule has 1 unspecified atom stereocenters. The molecular weight excluding hydrogens is 254 g/mol. The third-order valence-electron chi connectivity index (χ3n) is 2.55. The summed E-state index contributed by atoms with van der Waals surface area (Å²) in [4.78, 5) is 1.11. The Hall–Kier alpha value is -1.32. The Bertz CT molecular complexity index is 481. The number of benzene rings is 1. The first kappa shape index (κ1) is 12.1. The van der Waals surface area contributed by atoms with Gasteiger partial charge in [0.25, 0.3) is 0 Å². The molecule has 2 nitrogen and oxygen atoms in total. The van der Waals surface area contributed by atoms with Gasteiger partial charge in [0.2, 0.25) is 0 Å². The fourth-order valence-corrected chi connectivity index (χ4v) is 2.80. The van der Waals surface area contributed by atoms with Crippen molar-refractivity contribution in [3.05, 3.63) is 58.3 Å². The predicted octanol–water partition coefficient (Wildman–Crippen LogP) is 4.10. The largest absolute Gasteiger partial charge is 0.410 e. The van der Waals surface area contributed by atoms with Gasteiger partial charge in [-0.25, -0.2) is 0 Å². The van der Waals surface area contributed by atoms with Gasteiger partial charge in [0.05, 0.1) is 5.92 Å². The highest BCUT2D eigenvalue weighted by molar-refractivity contribution is 7.10. The van der Waals surface area contributed by atoms with Gasteiger partial charge in [0.1, 0.15) is 0 Å². The molecule has 1 aromatic carbocycles. The summed E-state index contributed by atoms with van der Waals surface area (Å²) in [6, 6.07) is 14.0. The predicted molar refractivity (Wildman–Crippen MR) is 72.3 cm³/mol. The molecule has 2 rings (SSSR count). The van der Waals surface area contributed by atoms with Crippen LogP contribution in [0.3, 0.4) is 0 Å². The van der Waals surface area contributed by atoms with Crippen LogP contribution in [-0.4, -0.2) is 10.4 Å². The van der Waals surface area contributed by atoms with Gasteiger partial charge < -0.3 is 5.21 Å². The molecule has 0 saturated heterocycles. The third kappa shape index (κ3) is 3.08. The molecule has 1 N–H and O–H groups in total. The lowest BCUT2D eigenvalue weighted by Crippen LogP contribution is -2.09. The molecule has 0 aliphatic rings. The first-order valence-electron chi connectivity index (χ1n) is 5.26. The molecule has 0 amide bonds. The summed E-state index contributed by atoms with van der Waals surface area (Å²) in [5.41, 5.74) is 1.17. The number of oxime groups is 1. The van der Waals surface area contributed by atoms with Gasteiger partial charge in [-0.15, -0.1) is 11.3 Å². The molecule has 0 aliphatic carbocycles. The second-order valence-corrected chi connectivity index (χ2v) is 5.05. The van der Waals surface area contributed by atoms with Crippen LogP contribution in [0.25, 0.3) is 0 Å². The van der Waals surface area contributed by atoms with Crippen LogP contribution in [0.2, 0.25) is 0 Å². The van der Waals surface area contributed by atoms with Crippen LogP contribution < -0.4 is 0 Å². The molecule has 2 aromatic rings. The fourth-order valence-electron chi connectivity index (χ4n) is 1.71. The first-order valence-corrected chi connectivity index (χ1v) is 6.52. The van der Waals surface area contributed by atoms with E-state index in [9.17, 15) is 0 Å². The van der Waals surface area contributed by atoms with E-state index >= 15 is 0 Å². The van der Waals surface area contributed by atoms with E-state index in [0.717, 1.165) is 11.3 Å². The molecule has 0 saturated carbocycles. The van der Waals surface area contributed by atoms with Crippen molar-refractivity contribution < 1.29 is 5.21 Å². The van der Waals surface area contributed by atoms with Crippen molar-refractivity contribution in [3.63, 3.8) is 0 Å². The number of thiophene rings is 1. The first-order chi connectivity index (χ1) is 8.31. The van der Waals surface area contributed by atoms with E-state index in [1.807, 2.05) is 47.8 Å². The van der Waals surface area contributed by atoms with E-state index in [-0.39, 0.29) is 11.1 Å². The Morgan fingerprint density at radius 3 is 2.59 bits per heavy atom. The fraction of sp³-hybridized carbons (Fsp3) is 0.154. The van der Waals surface area contributed by atoms with E-state index in [2.05, 4.69) is 5.16 Å². The normalized spacial score (nSPS) is 13.6. The summed E-state index contributed by atoms with van der Waals surface area (Å²) >= 11 is 7.60.